The van der Waals surface area contributed by atoms with Gasteiger partial charge < -0.3 is 15.2 Å². The molecule has 1 amide bonds. The molecule has 2 fully saturated rings. The van der Waals surface area contributed by atoms with Crippen molar-refractivity contribution in [3.8, 4) is 0 Å². The van der Waals surface area contributed by atoms with E-state index in [1.807, 2.05) is 23.1 Å². The number of aromatic amines is 1. The van der Waals surface area contributed by atoms with Gasteiger partial charge in [0.05, 0.1) is 17.0 Å². The maximum Gasteiger partial charge on any atom is 0.228 e. The number of nitrogens with one attached hydrogen (secondary N) is 2. The van der Waals surface area contributed by atoms with Crippen LogP contribution in [-0.4, -0.2) is 47.0 Å². The fourth-order valence-electron chi connectivity index (χ4n) is 3.26. The number of H-pyrrole nitrogens is 1. The van der Waals surface area contributed by atoms with Gasteiger partial charge in [-0.25, -0.2) is 4.98 Å². The first kappa shape index (κ1) is 12.8. The van der Waals surface area contributed by atoms with Crippen LogP contribution in [0.4, 0.5) is 0 Å². The Morgan fingerprint density at radius 3 is 2.62 bits per heavy atom. The third-order valence-corrected chi connectivity index (χ3v) is 4.73. The normalized spacial score (nSPS) is 20.7. The summed E-state index contributed by atoms with van der Waals surface area (Å²) in [5.41, 5.74) is 2.14. The van der Waals surface area contributed by atoms with Crippen molar-refractivity contribution in [3.05, 3.63) is 30.1 Å². The Morgan fingerprint density at radius 2 is 1.95 bits per heavy atom. The summed E-state index contributed by atoms with van der Waals surface area (Å²) in [7, 11) is 0. The zero-order valence-corrected chi connectivity index (χ0v) is 12.0. The molecule has 110 valence electrons. The lowest BCUT2D eigenvalue weighted by Gasteiger charge is -2.36. The number of carbonyl (C=O) groups is 1. The van der Waals surface area contributed by atoms with Gasteiger partial charge in [0, 0.05) is 32.1 Å². The quantitative estimate of drug-likeness (QED) is 0.878. The number of benzene rings is 1. The summed E-state index contributed by atoms with van der Waals surface area (Å²) >= 11 is 0. The standard InChI is InChI=1S/C16H20N4O/c21-16(12-9-17-10-12)20-7-5-11(6-8-20)15-18-13-3-1-2-4-14(13)19-15/h1-4,11-12,17H,5-10H2,(H,18,19). The number of para-hydroxylation sites is 2. The highest BCUT2D eigenvalue weighted by Gasteiger charge is 2.32. The van der Waals surface area contributed by atoms with Gasteiger partial charge in [-0.05, 0) is 25.0 Å². The second kappa shape index (κ2) is 5.15. The topological polar surface area (TPSA) is 61.0 Å². The van der Waals surface area contributed by atoms with Gasteiger partial charge in [0.15, 0.2) is 0 Å². The number of fused-ring (bicyclic) bond motifs is 1. The zero-order chi connectivity index (χ0) is 14.2. The van der Waals surface area contributed by atoms with E-state index in [1.54, 1.807) is 0 Å². The van der Waals surface area contributed by atoms with Crippen LogP contribution in [0.3, 0.4) is 0 Å². The molecule has 21 heavy (non-hydrogen) atoms. The van der Waals surface area contributed by atoms with Crippen molar-refractivity contribution in [2.24, 2.45) is 5.92 Å². The molecule has 1 aromatic heterocycles. The number of amides is 1. The van der Waals surface area contributed by atoms with Crippen molar-refractivity contribution in [1.82, 2.24) is 20.2 Å². The number of imidazole rings is 1. The van der Waals surface area contributed by atoms with Crippen LogP contribution in [-0.2, 0) is 4.79 Å². The molecule has 2 saturated heterocycles. The van der Waals surface area contributed by atoms with E-state index in [1.165, 1.54) is 0 Å². The smallest absolute Gasteiger partial charge is 0.228 e. The van der Waals surface area contributed by atoms with Crippen molar-refractivity contribution in [3.63, 3.8) is 0 Å². The van der Waals surface area contributed by atoms with Gasteiger partial charge in [0.2, 0.25) is 5.91 Å². The van der Waals surface area contributed by atoms with E-state index < -0.39 is 0 Å². The Kier molecular flexibility index (Phi) is 3.15. The summed E-state index contributed by atoms with van der Waals surface area (Å²) in [5.74, 6) is 2.07. The van der Waals surface area contributed by atoms with Crippen LogP contribution >= 0.6 is 0 Å². The van der Waals surface area contributed by atoms with E-state index in [2.05, 4.69) is 16.4 Å². The Hall–Kier alpha value is -1.88. The monoisotopic (exact) mass is 284 g/mol. The van der Waals surface area contributed by atoms with Gasteiger partial charge in [-0.1, -0.05) is 12.1 Å². The van der Waals surface area contributed by atoms with Gasteiger partial charge in [0.25, 0.3) is 0 Å². The Labute approximate surface area is 123 Å². The van der Waals surface area contributed by atoms with Crippen LogP contribution in [0.1, 0.15) is 24.6 Å². The Bertz CT molecular complexity index is 620. The largest absolute Gasteiger partial charge is 0.342 e. The molecule has 2 aromatic rings. The zero-order valence-electron chi connectivity index (χ0n) is 12.0. The van der Waals surface area contributed by atoms with Crippen molar-refractivity contribution in [1.29, 1.82) is 0 Å². The first-order valence-corrected chi connectivity index (χ1v) is 7.75. The average molecular weight is 284 g/mol. The Balaban J connectivity index is 1.43. The fraction of sp³-hybridized carbons (Fsp3) is 0.500. The summed E-state index contributed by atoms with van der Waals surface area (Å²) in [6.07, 6.45) is 2.01. The molecule has 0 spiro atoms. The summed E-state index contributed by atoms with van der Waals surface area (Å²) in [5, 5.41) is 3.17. The second-order valence-corrected chi connectivity index (χ2v) is 6.09. The van der Waals surface area contributed by atoms with E-state index >= 15 is 0 Å². The van der Waals surface area contributed by atoms with Crippen LogP contribution < -0.4 is 5.32 Å². The van der Waals surface area contributed by atoms with Crippen LogP contribution in [0, 0.1) is 5.92 Å². The summed E-state index contributed by atoms with van der Waals surface area (Å²) in [6.45, 7) is 3.42. The predicted molar refractivity (Wildman–Crippen MR) is 81.0 cm³/mol. The van der Waals surface area contributed by atoms with E-state index in [4.69, 9.17) is 4.98 Å². The molecule has 2 aliphatic heterocycles. The molecule has 2 N–H and O–H groups in total. The molecule has 1 aromatic carbocycles. The number of aromatic nitrogens is 2. The maximum absolute atomic E-state index is 12.2. The number of piperidine rings is 1. The average Bonchev–Trinajstić information content (AvgIpc) is 2.89. The van der Waals surface area contributed by atoms with Crippen LogP contribution in [0.25, 0.3) is 11.0 Å². The third-order valence-electron chi connectivity index (χ3n) is 4.73. The molecular weight excluding hydrogens is 264 g/mol. The first-order valence-electron chi connectivity index (χ1n) is 7.75. The number of hydrogen-bond acceptors (Lipinski definition) is 3. The molecule has 0 saturated carbocycles. The molecule has 0 radical (unpaired) electrons. The minimum Gasteiger partial charge on any atom is -0.342 e. The van der Waals surface area contributed by atoms with Crippen molar-refractivity contribution >= 4 is 16.9 Å². The van der Waals surface area contributed by atoms with Crippen molar-refractivity contribution < 1.29 is 4.79 Å². The number of likely N-dealkylation sites (tertiary alicyclic amines) is 1. The number of rotatable bonds is 2. The summed E-state index contributed by atoms with van der Waals surface area (Å²) in [6, 6.07) is 8.14. The molecule has 4 rings (SSSR count). The molecule has 0 aliphatic carbocycles. The highest BCUT2D eigenvalue weighted by molar-refractivity contribution is 5.80. The molecule has 0 unspecified atom stereocenters. The third kappa shape index (κ3) is 2.31. The predicted octanol–water partition coefficient (Wildman–Crippen LogP) is 1.49. The van der Waals surface area contributed by atoms with Crippen molar-refractivity contribution in [2.45, 2.75) is 18.8 Å². The number of hydrogen-bond donors (Lipinski definition) is 2. The lowest BCUT2D eigenvalue weighted by atomic mass is 9.94. The molecule has 0 bridgehead atoms. The highest BCUT2D eigenvalue weighted by atomic mass is 16.2. The summed E-state index contributed by atoms with van der Waals surface area (Å²) in [4.78, 5) is 22.4. The van der Waals surface area contributed by atoms with Crippen LogP contribution in [0.2, 0.25) is 0 Å². The SMILES string of the molecule is O=C(C1CNC1)N1CCC(c2nc3ccccc3[nH]2)CC1. The molecule has 5 heteroatoms. The van der Waals surface area contributed by atoms with E-state index in [-0.39, 0.29) is 5.92 Å². The number of nitrogens with zero attached hydrogens (tertiary/aromatic N) is 2. The van der Waals surface area contributed by atoms with E-state index in [0.29, 0.717) is 11.8 Å². The molecule has 0 atom stereocenters. The van der Waals surface area contributed by atoms with Gasteiger partial charge in [-0.15, -0.1) is 0 Å². The van der Waals surface area contributed by atoms with Gasteiger partial charge in [-0.3, -0.25) is 4.79 Å². The van der Waals surface area contributed by atoms with Crippen LogP contribution in [0.15, 0.2) is 24.3 Å². The van der Waals surface area contributed by atoms with Gasteiger partial charge in [0.1, 0.15) is 5.82 Å². The Morgan fingerprint density at radius 1 is 1.19 bits per heavy atom. The lowest BCUT2D eigenvalue weighted by Crippen LogP contribution is -2.53. The summed E-state index contributed by atoms with van der Waals surface area (Å²) < 4.78 is 0. The minimum absolute atomic E-state index is 0.216. The van der Waals surface area contributed by atoms with Gasteiger partial charge >= 0.3 is 0 Å². The minimum atomic E-state index is 0.216. The van der Waals surface area contributed by atoms with Crippen LogP contribution in [0.5, 0.6) is 0 Å². The fourth-order valence-corrected chi connectivity index (χ4v) is 3.26. The van der Waals surface area contributed by atoms with Crippen molar-refractivity contribution in [2.75, 3.05) is 26.2 Å². The van der Waals surface area contributed by atoms with E-state index in [0.717, 1.165) is 55.9 Å². The number of carbonyl (C=O) groups excluding carboxylic acids is 1. The maximum atomic E-state index is 12.2. The molecule has 3 heterocycles. The molecular formula is C16H20N4O. The second-order valence-electron chi connectivity index (χ2n) is 6.09. The molecule has 2 aliphatic rings. The molecule has 5 nitrogen and oxygen atoms in total. The lowest BCUT2D eigenvalue weighted by molar-refractivity contribution is -0.138. The highest BCUT2D eigenvalue weighted by Crippen LogP contribution is 2.28. The van der Waals surface area contributed by atoms with E-state index in [9.17, 15) is 4.79 Å². The van der Waals surface area contributed by atoms with Gasteiger partial charge in [-0.2, -0.15) is 0 Å². The first-order chi connectivity index (χ1) is 10.3.